The third kappa shape index (κ3) is 5.40. The Hall–Kier alpha value is -3.24. The predicted octanol–water partition coefficient (Wildman–Crippen LogP) is 3.19. The van der Waals surface area contributed by atoms with Crippen LogP contribution in [0.2, 0.25) is 0 Å². The molecule has 3 aromatic rings. The molecule has 1 saturated heterocycles. The molecule has 1 N–H and O–H groups in total. The van der Waals surface area contributed by atoms with Crippen LogP contribution >= 0.6 is 0 Å². The minimum absolute atomic E-state index is 0.174. The molecular weight excluding hydrogens is 447 g/mol. The average molecular weight is 473 g/mol. The molecule has 1 amide bonds. The molecule has 1 fully saturated rings. The Balaban J connectivity index is 1.40. The molecule has 174 valence electrons. The Kier molecular flexibility index (Phi) is 6.48. The number of nitrogens with zero attached hydrogens (tertiary/aromatic N) is 3. The minimum atomic E-state index is -3.99. The lowest BCUT2D eigenvalue weighted by atomic mass is 10.1. The lowest BCUT2D eigenvalue weighted by Crippen LogP contribution is -2.48. The number of hydrogen-bond donors (Lipinski definition) is 1. The Morgan fingerprint density at radius 3 is 2.52 bits per heavy atom. The van der Waals surface area contributed by atoms with Crippen LogP contribution in [0, 0.1) is 19.7 Å². The lowest BCUT2D eigenvalue weighted by molar-refractivity contribution is 0.0617. The van der Waals surface area contributed by atoms with Gasteiger partial charge in [0.15, 0.2) is 5.76 Å². The van der Waals surface area contributed by atoms with Crippen LogP contribution in [-0.4, -0.2) is 55.5 Å². The van der Waals surface area contributed by atoms with E-state index in [1.54, 1.807) is 30.0 Å². The molecule has 0 atom stereocenters. The first-order valence-electron chi connectivity index (χ1n) is 10.5. The van der Waals surface area contributed by atoms with E-state index < -0.39 is 15.8 Å². The van der Waals surface area contributed by atoms with Gasteiger partial charge in [0, 0.05) is 43.5 Å². The summed E-state index contributed by atoms with van der Waals surface area (Å²) in [6.45, 7) is 6.54. The monoisotopic (exact) mass is 472 g/mol. The van der Waals surface area contributed by atoms with Gasteiger partial charge in [-0.2, -0.15) is 0 Å². The topological polar surface area (TPSA) is 95.8 Å². The van der Waals surface area contributed by atoms with Crippen LogP contribution < -0.4 is 4.72 Å². The zero-order valence-electron chi connectivity index (χ0n) is 18.4. The number of halogens is 1. The number of sulfonamides is 1. The molecule has 0 aliphatic carbocycles. The van der Waals surface area contributed by atoms with Gasteiger partial charge in [-0.25, -0.2) is 12.8 Å². The van der Waals surface area contributed by atoms with Gasteiger partial charge in [-0.05, 0) is 49.7 Å². The standard InChI is InChI=1S/C23H25FN4O4S/c1-16-6-7-21(14-22(16)24)33(30,31)26-19-5-3-4-18(13-19)23(29)28-10-8-27(9-11-28)15-20-12-17(2)25-32-20/h3-7,12-14,26H,8-11,15H2,1-2H3. The number of nitrogens with one attached hydrogen (secondary N) is 1. The van der Waals surface area contributed by atoms with Gasteiger partial charge >= 0.3 is 0 Å². The van der Waals surface area contributed by atoms with Crippen LogP contribution in [0.3, 0.4) is 0 Å². The van der Waals surface area contributed by atoms with E-state index in [9.17, 15) is 17.6 Å². The highest BCUT2D eigenvalue weighted by Gasteiger charge is 2.24. The van der Waals surface area contributed by atoms with E-state index in [4.69, 9.17) is 4.52 Å². The van der Waals surface area contributed by atoms with Crippen molar-refractivity contribution in [3.63, 3.8) is 0 Å². The quantitative estimate of drug-likeness (QED) is 0.592. The predicted molar refractivity (Wildman–Crippen MR) is 121 cm³/mol. The van der Waals surface area contributed by atoms with Crippen LogP contribution in [0.25, 0.3) is 0 Å². The fourth-order valence-corrected chi connectivity index (χ4v) is 4.73. The normalized spacial score (nSPS) is 14.9. The van der Waals surface area contributed by atoms with E-state index >= 15 is 0 Å². The third-order valence-electron chi connectivity index (χ3n) is 5.53. The molecule has 4 rings (SSSR count). The fraction of sp³-hybridized carbons (Fsp3) is 0.304. The first-order valence-corrected chi connectivity index (χ1v) is 12.0. The molecule has 2 aromatic carbocycles. The number of carbonyl (C=O) groups excluding carboxylic acids is 1. The number of hydrogen-bond acceptors (Lipinski definition) is 6. The van der Waals surface area contributed by atoms with Crippen molar-refractivity contribution in [2.24, 2.45) is 0 Å². The summed E-state index contributed by atoms with van der Waals surface area (Å²) in [5, 5.41) is 3.89. The maximum absolute atomic E-state index is 13.8. The number of carbonyl (C=O) groups is 1. The summed E-state index contributed by atoms with van der Waals surface area (Å²) < 4.78 is 46.8. The van der Waals surface area contributed by atoms with Crippen LogP contribution in [0.1, 0.15) is 27.4 Å². The van der Waals surface area contributed by atoms with Crippen LogP contribution in [0.5, 0.6) is 0 Å². The molecule has 1 aliphatic heterocycles. The van der Waals surface area contributed by atoms with Crippen molar-refractivity contribution in [1.29, 1.82) is 0 Å². The molecule has 2 heterocycles. The number of piperazine rings is 1. The smallest absolute Gasteiger partial charge is 0.261 e. The molecule has 0 radical (unpaired) electrons. The van der Waals surface area contributed by atoms with E-state index in [-0.39, 0.29) is 16.5 Å². The van der Waals surface area contributed by atoms with E-state index in [0.717, 1.165) is 17.5 Å². The van der Waals surface area contributed by atoms with Gasteiger partial charge in [0.2, 0.25) is 0 Å². The Labute approximate surface area is 192 Å². The third-order valence-corrected chi connectivity index (χ3v) is 6.91. The van der Waals surface area contributed by atoms with E-state index in [2.05, 4.69) is 14.8 Å². The maximum atomic E-state index is 13.8. The second kappa shape index (κ2) is 9.32. The van der Waals surface area contributed by atoms with Crippen molar-refractivity contribution in [3.8, 4) is 0 Å². The van der Waals surface area contributed by atoms with Crippen LogP contribution in [-0.2, 0) is 16.6 Å². The van der Waals surface area contributed by atoms with Gasteiger partial charge in [-0.3, -0.25) is 14.4 Å². The summed E-state index contributed by atoms with van der Waals surface area (Å²) in [6.07, 6.45) is 0. The highest BCUT2D eigenvalue weighted by molar-refractivity contribution is 7.92. The van der Waals surface area contributed by atoms with Crippen molar-refractivity contribution in [3.05, 3.63) is 76.9 Å². The van der Waals surface area contributed by atoms with Crippen molar-refractivity contribution in [1.82, 2.24) is 15.0 Å². The Morgan fingerprint density at radius 1 is 1.09 bits per heavy atom. The summed E-state index contributed by atoms with van der Waals surface area (Å²) >= 11 is 0. The largest absolute Gasteiger partial charge is 0.360 e. The second-order valence-corrected chi connectivity index (χ2v) is 9.78. The van der Waals surface area contributed by atoms with Crippen molar-refractivity contribution < 1.29 is 22.1 Å². The molecule has 0 spiro atoms. The SMILES string of the molecule is Cc1cc(CN2CCN(C(=O)c3cccc(NS(=O)(=O)c4ccc(C)c(F)c4)c3)CC2)on1. The number of aryl methyl sites for hydroxylation is 2. The van der Waals surface area contributed by atoms with Crippen molar-refractivity contribution in [2.75, 3.05) is 30.9 Å². The van der Waals surface area contributed by atoms with Gasteiger partial charge in [0.25, 0.3) is 15.9 Å². The van der Waals surface area contributed by atoms with E-state index in [1.807, 2.05) is 13.0 Å². The van der Waals surface area contributed by atoms with Gasteiger partial charge in [0.1, 0.15) is 5.82 Å². The zero-order chi connectivity index (χ0) is 23.6. The number of aromatic nitrogens is 1. The van der Waals surface area contributed by atoms with Crippen LogP contribution in [0.15, 0.2) is 57.9 Å². The van der Waals surface area contributed by atoms with E-state index in [1.165, 1.54) is 18.2 Å². The molecule has 0 bridgehead atoms. The number of benzene rings is 2. The molecule has 8 nitrogen and oxygen atoms in total. The fourth-order valence-electron chi connectivity index (χ4n) is 3.67. The second-order valence-electron chi connectivity index (χ2n) is 8.10. The molecule has 0 unspecified atom stereocenters. The minimum Gasteiger partial charge on any atom is -0.360 e. The summed E-state index contributed by atoms with van der Waals surface area (Å²) in [6, 6.07) is 11.9. The number of rotatable bonds is 6. The summed E-state index contributed by atoms with van der Waals surface area (Å²) in [5.41, 5.74) is 1.81. The van der Waals surface area contributed by atoms with E-state index in [0.29, 0.717) is 43.9 Å². The van der Waals surface area contributed by atoms with Gasteiger partial charge < -0.3 is 9.42 Å². The highest BCUT2D eigenvalue weighted by atomic mass is 32.2. The summed E-state index contributed by atoms with van der Waals surface area (Å²) in [7, 11) is -3.99. The zero-order valence-corrected chi connectivity index (χ0v) is 19.2. The van der Waals surface area contributed by atoms with Gasteiger partial charge in [0.05, 0.1) is 17.1 Å². The average Bonchev–Trinajstić information content (AvgIpc) is 3.20. The first kappa shape index (κ1) is 22.9. The maximum Gasteiger partial charge on any atom is 0.261 e. The highest BCUT2D eigenvalue weighted by Crippen LogP contribution is 2.20. The molecule has 10 heteroatoms. The number of anilines is 1. The molecule has 1 aliphatic rings. The Morgan fingerprint density at radius 2 is 1.85 bits per heavy atom. The Bertz CT molecular complexity index is 1270. The van der Waals surface area contributed by atoms with Gasteiger partial charge in [-0.15, -0.1) is 0 Å². The van der Waals surface area contributed by atoms with Crippen molar-refractivity contribution >= 4 is 21.6 Å². The molecular formula is C23H25FN4O4S. The molecule has 0 saturated carbocycles. The van der Waals surface area contributed by atoms with Crippen molar-refractivity contribution in [2.45, 2.75) is 25.3 Å². The van der Waals surface area contributed by atoms with Crippen LogP contribution in [0.4, 0.5) is 10.1 Å². The molecule has 1 aromatic heterocycles. The van der Waals surface area contributed by atoms with Gasteiger partial charge in [-0.1, -0.05) is 17.3 Å². The molecule has 33 heavy (non-hydrogen) atoms. The summed E-state index contributed by atoms with van der Waals surface area (Å²) in [5.74, 6) is 0.0210. The first-order chi connectivity index (χ1) is 15.7. The summed E-state index contributed by atoms with van der Waals surface area (Å²) in [4.78, 5) is 16.7. The lowest BCUT2D eigenvalue weighted by Gasteiger charge is -2.34. The number of amides is 1.